The molecule has 0 aliphatic carbocycles. The molecule has 1 aliphatic rings. The number of amides is 1. The van der Waals surface area contributed by atoms with Crippen LogP contribution in [0.3, 0.4) is 0 Å². The minimum absolute atomic E-state index is 0.154. The van der Waals surface area contributed by atoms with E-state index in [0.717, 1.165) is 12.1 Å². The monoisotopic (exact) mass is 345 g/mol. The summed E-state index contributed by atoms with van der Waals surface area (Å²) >= 11 is 0. The summed E-state index contributed by atoms with van der Waals surface area (Å²) in [5.74, 6) is -1.39. The van der Waals surface area contributed by atoms with E-state index in [4.69, 9.17) is 0 Å². The number of piperidine rings is 1. The Hall–Kier alpha value is -2.64. The van der Waals surface area contributed by atoms with E-state index in [9.17, 15) is 14.7 Å². The van der Waals surface area contributed by atoms with E-state index >= 15 is 0 Å². The van der Waals surface area contributed by atoms with Crippen LogP contribution in [0.1, 0.15) is 30.6 Å². The molecule has 0 bridgehead atoms. The van der Waals surface area contributed by atoms with Crippen molar-refractivity contribution in [2.75, 3.05) is 13.1 Å². The van der Waals surface area contributed by atoms with Crippen LogP contribution in [0, 0.1) is 11.8 Å². The maximum atomic E-state index is 13.0. The lowest BCUT2D eigenvalue weighted by Crippen LogP contribution is -2.45. The van der Waals surface area contributed by atoms with Crippen LogP contribution in [0.2, 0.25) is 0 Å². The number of aryl methyl sites for hydroxylation is 2. The molecule has 1 fully saturated rings. The molecular formula is C17H23N5O3. The van der Waals surface area contributed by atoms with Crippen LogP contribution in [0.25, 0.3) is 11.3 Å². The highest BCUT2D eigenvalue weighted by molar-refractivity contribution is 6.00. The molecule has 0 radical (unpaired) electrons. The summed E-state index contributed by atoms with van der Waals surface area (Å²) in [7, 11) is 1.77. The number of aliphatic carboxylic acids is 1. The molecule has 8 nitrogen and oxygen atoms in total. The Kier molecular flexibility index (Phi) is 4.61. The van der Waals surface area contributed by atoms with Crippen LogP contribution >= 0.6 is 0 Å². The Bertz CT molecular complexity index is 794. The molecule has 2 atom stereocenters. The quantitative estimate of drug-likeness (QED) is 0.906. The first-order valence-corrected chi connectivity index (χ1v) is 8.47. The number of rotatable bonds is 4. The highest BCUT2D eigenvalue weighted by Gasteiger charge is 2.33. The van der Waals surface area contributed by atoms with Crippen molar-refractivity contribution in [3.63, 3.8) is 0 Å². The van der Waals surface area contributed by atoms with Crippen molar-refractivity contribution in [2.45, 2.75) is 26.8 Å². The van der Waals surface area contributed by atoms with Crippen molar-refractivity contribution in [3.05, 3.63) is 24.2 Å². The topological polar surface area (TPSA) is 93.2 Å². The van der Waals surface area contributed by atoms with Crippen LogP contribution in [-0.2, 0) is 18.4 Å². The van der Waals surface area contributed by atoms with Gasteiger partial charge in [-0.1, -0.05) is 6.92 Å². The van der Waals surface area contributed by atoms with E-state index in [1.54, 1.807) is 33.7 Å². The second kappa shape index (κ2) is 6.70. The molecule has 1 aliphatic heterocycles. The molecule has 1 amide bonds. The number of hydrogen-bond donors (Lipinski definition) is 1. The maximum absolute atomic E-state index is 13.0. The second-order valence-corrected chi connectivity index (χ2v) is 6.74. The van der Waals surface area contributed by atoms with Crippen LogP contribution in [0.15, 0.2) is 18.6 Å². The van der Waals surface area contributed by atoms with E-state index in [-0.39, 0.29) is 18.4 Å². The maximum Gasteiger partial charge on any atom is 0.308 e. The minimum Gasteiger partial charge on any atom is -0.481 e. The van der Waals surface area contributed by atoms with E-state index < -0.39 is 11.9 Å². The van der Waals surface area contributed by atoms with Crippen LogP contribution < -0.4 is 0 Å². The first-order chi connectivity index (χ1) is 11.9. The number of nitrogens with zero attached hydrogens (tertiary/aromatic N) is 5. The largest absolute Gasteiger partial charge is 0.481 e. The van der Waals surface area contributed by atoms with Gasteiger partial charge in [0.2, 0.25) is 0 Å². The second-order valence-electron chi connectivity index (χ2n) is 6.74. The zero-order valence-electron chi connectivity index (χ0n) is 14.7. The van der Waals surface area contributed by atoms with Gasteiger partial charge in [0.15, 0.2) is 0 Å². The summed E-state index contributed by atoms with van der Waals surface area (Å²) in [6, 6.07) is 0. The molecule has 3 heterocycles. The molecule has 3 rings (SSSR count). The standard InChI is InChI=1S/C17H23N5O3/c1-4-22-9-13(6-18-22)15-14(10-20(3)19-15)16(23)21-7-11(2)5-12(8-21)17(24)25/h6,9-12H,4-5,7-8H2,1-3H3,(H,24,25). The molecule has 2 unspecified atom stereocenters. The number of likely N-dealkylation sites (tertiary alicyclic amines) is 1. The highest BCUT2D eigenvalue weighted by Crippen LogP contribution is 2.27. The number of carbonyl (C=O) groups is 2. The third kappa shape index (κ3) is 3.42. The van der Waals surface area contributed by atoms with Gasteiger partial charge in [-0.2, -0.15) is 10.2 Å². The fourth-order valence-electron chi connectivity index (χ4n) is 3.38. The number of carbonyl (C=O) groups excluding carboxylic acids is 1. The Balaban J connectivity index is 1.91. The first-order valence-electron chi connectivity index (χ1n) is 8.47. The van der Waals surface area contributed by atoms with E-state index in [0.29, 0.717) is 24.2 Å². The summed E-state index contributed by atoms with van der Waals surface area (Å²) in [6.07, 6.45) is 5.85. The molecule has 0 aromatic carbocycles. The van der Waals surface area contributed by atoms with Crippen LogP contribution in [0.4, 0.5) is 0 Å². The molecule has 25 heavy (non-hydrogen) atoms. The Morgan fingerprint density at radius 1 is 1.32 bits per heavy atom. The number of carboxylic acid groups (broad SMARTS) is 1. The van der Waals surface area contributed by atoms with Gasteiger partial charge < -0.3 is 10.0 Å². The predicted octanol–water partition coefficient (Wildman–Crippen LogP) is 1.49. The summed E-state index contributed by atoms with van der Waals surface area (Å²) < 4.78 is 3.38. The SMILES string of the molecule is CCn1cc(-c2nn(C)cc2C(=O)N2CC(C)CC(C(=O)O)C2)cn1. The predicted molar refractivity (Wildman–Crippen MR) is 90.9 cm³/mol. The average Bonchev–Trinajstić information content (AvgIpc) is 3.19. The molecule has 2 aromatic rings. The fourth-order valence-corrected chi connectivity index (χ4v) is 3.38. The van der Waals surface area contributed by atoms with Gasteiger partial charge in [0.1, 0.15) is 5.69 Å². The Morgan fingerprint density at radius 2 is 2.08 bits per heavy atom. The lowest BCUT2D eigenvalue weighted by molar-refractivity contribution is -0.143. The van der Waals surface area contributed by atoms with Crippen molar-refractivity contribution < 1.29 is 14.7 Å². The lowest BCUT2D eigenvalue weighted by atomic mass is 9.90. The number of aromatic nitrogens is 4. The van der Waals surface area contributed by atoms with Gasteiger partial charge in [0.05, 0.1) is 17.7 Å². The Labute approximate surface area is 146 Å². The molecule has 1 saturated heterocycles. The van der Waals surface area contributed by atoms with Crippen molar-refractivity contribution in [1.82, 2.24) is 24.5 Å². The molecule has 1 N–H and O–H groups in total. The van der Waals surface area contributed by atoms with Gasteiger partial charge >= 0.3 is 5.97 Å². The Morgan fingerprint density at radius 3 is 2.72 bits per heavy atom. The molecule has 0 spiro atoms. The number of hydrogen-bond acceptors (Lipinski definition) is 4. The van der Waals surface area contributed by atoms with E-state index in [1.165, 1.54) is 0 Å². The van der Waals surface area contributed by atoms with Crippen molar-refractivity contribution in [3.8, 4) is 11.3 Å². The minimum atomic E-state index is -0.847. The van der Waals surface area contributed by atoms with Gasteiger partial charge in [-0.3, -0.25) is 19.0 Å². The van der Waals surface area contributed by atoms with Crippen LogP contribution in [0.5, 0.6) is 0 Å². The molecular weight excluding hydrogens is 322 g/mol. The molecule has 0 saturated carbocycles. The first kappa shape index (κ1) is 17.2. The van der Waals surface area contributed by atoms with Crippen molar-refractivity contribution in [1.29, 1.82) is 0 Å². The summed E-state index contributed by atoms with van der Waals surface area (Å²) in [5, 5.41) is 18.0. The van der Waals surface area contributed by atoms with Gasteiger partial charge in [-0.05, 0) is 19.3 Å². The normalized spacial score (nSPS) is 20.7. The number of carboxylic acids is 1. The zero-order chi connectivity index (χ0) is 18.1. The van der Waals surface area contributed by atoms with Gasteiger partial charge in [0.25, 0.3) is 5.91 Å². The van der Waals surface area contributed by atoms with E-state index in [2.05, 4.69) is 10.2 Å². The van der Waals surface area contributed by atoms with Crippen molar-refractivity contribution >= 4 is 11.9 Å². The smallest absolute Gasteiger partial charge is 0.308 e. The third-order valence-corrected chi connectivity index (χ3v) is 4.59. The lowest BCUT2D eigenvalue weighted by Gasteiger charge is -2.34. The molecule has 8 heteroatoms. The highest BCUT2D eigenvalue weighted by atomic mass is 16.4. The van der Waals surface area contributed by atoms with Gasteiger partial charge in [-0.25, -0.2) is 0 Å². The summed E-state index contributed by atoms with van der Waals surface area (Å²) in [4.78, 5) is 26.1. The summed E-state index contributed by atoms with van der Waals surface area (Å²) in [5.41, 5.74) is 1.85. The molecule has 134 valence electrons. The fraction of sp³-hybridized carbons (Fsp3) is 0.529. The van der Waals surface area contributed by atoms with Crippen LogP contribution in [-0.4, -0.2) is 54.5 Å². The molecule has 2 aromatic heterocycles. The zero-order valence-corrected chi connectivity index (χ0v) is 14.7. The summed E-state index contributed by atoms with van der Waals surface area (Å²) in [6.45, 7) is 5.50. The third-order valence-electron chi connectivity index (χ3n) is 4.59. The van der Waals surface area contributed by atoms with Crippen molar-refractivity contribution in [2.24, 2.45) is 18.9 Å². The van der Waals surface area contributed by atoms with Gasteiger partial charge in [-0.15, -0.1) is 0 Å². The van der Waals surface area contributed by atoms with E-state index in [1.807, 2.05) is 20.0 Å². The average molecular weight is 345 g/mol. The van der Waals surface area contributed by atoms with Gasteiger partial charge in [0, 0.05) is 44.6 Å².